The Morgan fingerprint density at radius 3 is 2.73 bits per heavy atom. The number of para-hydroxylation sites is 1. The molecule has 0 radical (unpaired) electrons. The Kier molecular flexibility index (Phi) is 5.83. The number of ether oxygens (including phenoxy) is 1. The smallest absolute Gasteiger partial charge is 0.247 e. The number of aromatic nitrogens is 3. The molecular formula is C18H24N6O2. The molecule has 0 bridgehead atoms. The van der Waals surface area contributed by atoms with Gasteiger partial charge in [-0.25, -0.2) is 0 Å². The Bertz CT molecular complexity index is 746. The van der Waals surface area contributed by atoms with Crippen LogP contribution in [0.15, 0.2) is 30.5 Å². The van der Waals surface area contributed by atoms with E-state index in [4.69, 9.17) is 4.74 Å². The third-order valence-electron chi connectivity index (χ3n) is 4.45. The van der Waals surface area contributed by atoms with Gasteiger partial charge in [-0.1, -0.05) is 18.2 Å². The molecule has 2 aromatic rings. The van der Waals surface area contributed by atoms with E-state index in [2.05, 4.69) is 31.5 Å². The molecule has 0 aliphatic carbocycles. The lowest BCUT2D eigenvalue weighted by molar-refractivity contribution is -0.129. The SMILES string of the molecule is COc1ccccc1CCNc1cnnc(N2CCN(C(C)=O)CC2)n1. The Hall–Kier alpha value is -2.90. The molecule has 1 fully saturated rings. The van der Waals surface area contributed by atoms with Gasteiger partial charge in [-0.3, -0.25) is 4.79 Å². The number of rotatable bonds is 6. The maximum absolute atomic E-state index is 11.4. The molecule has 1 aromatic heterocycles. The Labute approximate surface area is 153 Å². The largest absolute Gasteiger partial charge is 0.496 e. The van der Waals surface area contributed by atoms with Crippen molar-refractivity contribution in [3.05, 3.63) is 36.0 Å². The van der Waals surface area contributed by atoms with E-state index >= 15 is 0 Å². The van der Waals surface area contributed by atoms with Crippen LogP contribution in [0.3, 0.4) is 0 Å². The predicted octanol–water partition coefficient (Wildman–Crippen LogP) is 1.20. The van der Waals surface area contributed by atoms with Gasteiger partial charge in [0.15, 0.2) is 5.82 Å². The Balaban J connectivity index is 1.55. The Morgan fingerprint density at radius 2 is 2.00 bits per heavy atom. The summed E-state index contributed by atoms with van der Waals surface area (Å²) in [5.41, 5.74) is 1.14. The first-order valence-corrected chi connectivity index (χ1v) is 8.73. The molecule has 1 aliphatic rings. The molecule has 2 heterocycles. The van der Waals surface area contributed by atoms with Crippen LogP contribution in [0.25, 0.3) is 0 Å². The molecule has 26 heavy (non-hydrogen) atoms. The van der Waals surface area contributed by atoms with Crippen molar-refractivity contribution in [3.63, 3.8) is 0 Å². The summed E-state index contributed by atoms with van der Waals surface area (Å²) in [5, 5.41) is 11.5. The highest BCUT2D eigenvalue weighted by Gasteiger charge is 2.20. The molecular weight excluding hydrogens is 332 g/mol. The van der Waals surface area contributed by atoms with Crippen LogP contribution >= 0.6 is 0 Å². The summed E-state index contributed by atoms with van der Waals surface area (Å²) >= 11 is 0. The summed E-state index contributed by atoms with van der Waals surface area (Å²) in [5.74, 6) is 2.28. The average molecular weight is 356 g/mol. The zero-order valence-corrected chi connectivity index (χ0v) is 15.2. The van der Waals surface area contributed by atoms with Gasteiger partial charge in [0.05, 0.1) is 13.3 Å². The van der Waals surface area contributed by atoms with E-state index in [1.54, 1.807) is 20.2 Å². The van der Waals surface area contributed by atoms with Crippen LogP contribution in [0.4, 0.5) is 11.8 Å². The topological polar surface area (TPSA) is 83.5 Å². The summed E-state index contributed by atoms with van der Waals surface area (Å²) < 4.78 is 5.37. The monoisotopic (exact) mass is 356 g/mol. The molecule has 3 rings (SSSR count). The molecule has 0 saturated carbocycles. The minimum absolute atomic E-state index is 0.107. The van der Waals surface area contributed by atoms with Gasteiger partial charge in [0.1, 0.15) is 5.75 Å². The Morgan fingerprint density at radius 1 is 1.23 bits per heavy atom. The first-order chi connectivity index (χ1) is 12.7. The van der Waals surface area contributed by atoms with Gasteiger partial charge in [-0.15, -0.1) is 5.10 Å². The second kappa shape index (κ2) is 8.46. The van der Waals surface area contributed by atoms with Crippen molar-refractivity contribution in [1.82, 2.24) is 20.1 Å². The molecule has 0 spiro atoms. The number of piperazine rings is 1. The third-order valence-corrected chi connectivity index (χ3v) is 4.45. The first-order valence-electron chi connectivity index (χ1n) is 8.73. The van der Waals surface area contributed by atoms with Crippen molar-refractivity contribution in [2.24, 2.45) is 0 Å². The van der Waals surface area contributed by atoms with Crippen molar-refractivity contribution in [3.8, 4) is 5.75 Å². The fourth-order valence-corrected chi connectivity index (χ4v) is 2.97. The van der Waals surface area contributed by atoms with Crippen LogP contribution in [-0.4, -0.2) is 65.8 Å². The zero-order chi connectivity index (χ0) is 18.4. The van der Waals surface area contributed by atoms with Crippen LogP contribution in [0.5, 0.6) is 5.75 Å². The second-order valence-corrected chi connectivity index (χ2v) is 6.12. The van der Waals surface area contributed by atoms with Gasteiger partial charge in [-0.2, -0.15) is 10.1 Å². The summed E-state index contributed by atoms with van der Waals surface area (Å²) in [7, 11) is 1.68. The lowest BCUT2D eigenvalue weighted by Crippen LogP contribution is -2.48. The lowest BCUT2D eigenvalue weighted by atomic mass is 10.1. The quantitative estimate of drug-likeness (QED) is 0.833. The summed E-state index contributed by atoms with van der Waals surface area (Å²) in [6.07, 6.45) is 2.44. The van der Waals surface area contributed by atoms with Gasteiger partial charge in [0.2, 0.25) is 11.9 Å². The van der Waals surface area contributed by atoms with E-state index in [1.165, 1.54) is 0 Å². The van der Waals surface area contributed by atoms with Crippen LogP contribution in [0.1, 0.15) is 12.5 Å². The number of amides is 1. The number of nitrogens with zero attached hydrogens (tertiary/aromatic N) is 5. The number of methoxy groups -OCH3 is 1. The maximum atomic E-state index is 11.4. The molecule has 138 valence electrons. The standard InChI is InChI=1S/C18H24N6O2/c1-14(25)23-9-11-24(12-10-23)18-21-17(13-20-22-18)19-8-7-15-5-3-4-6-16(15)26-2/h3-6,13H,7-12H2,1-2H3,(H,19,21,22). The fourth-order valence-electron chi connectivity index (χ4n) is 2.97. The van der Waals surface area contributed by atoms with Crippen LogP contribution in [-0.2, 0) is 11.2 Å². The molecule has 1 amide bonds. The van der Waals surface area contributed by atoms with Crippen molar-refractivity contribution in [2.45, 2.75) is 13.3 Å². The molecule has 1 aromatic carbocycles. The number of hydrogen-bond donors (Lipinski definition) is 1. The van der Waals surface area contributed by atoms with Crippen molar-refractivity contribution >= 4 is 17.7 Å². The predicted molar refractivity (Wildman–Crippen MR) is 99.5 cm³/mol. The van der Waals surface area contributed by atoms with Crippen LogP contribution < -0.4 is 15.0 Å². The van der Waals surface area contributed by atoms with E-state index in [-0.39, 0.29) is 5.91 Å². The number of nitrogens with one attached hydrogen (secondary N) is 1. The van der Waals surface area contributed by atoms with E-state index in [0.717, 1.165) is 24.3 Å². The average Bonchev–Trinajstić information content (AvgIpc) is 2.68. The number of hydrogen-bond acceptors (Lipinski definition) is 7. The molecule has 8 heteroatoms. The van der Waals surface area contributed by atoms with Crippen molar-refractivity contribution < 1.29 is 9.53 Å². The highest BCUT2D eigenvalue weighted by molar-refractivity contribution is 5.73. The summed E-state index contributed by atoms with van der Waals surface area (Å²) in [6.45, 7) is 5.11. The zero-order valence-electron chi connectivity index (χ0n) is 15.2. The van der Waals surface area contributed by atoms with Crippen molar-refractivity contribution in [1.29, 1.82) is 0 Å². The maximum Gasteiger partial charge on any atom is 0.247 e. The van der Waals surface area contributed by atoms with E-state index in [0.29, 0.717) is 37.9 Å². The number of anilines is 2. The van der Waals surface area contributed by atoms with Crippen molar-refractivity contribution in [2.75, 3.05) is 50.1 Å². The minimum Gasteiger partial charge on any atom is -0.496 e. The molecule has 0 atom stereocenters. The van der Waals surface area contributed by atoms with Gasteiger partial charge in [-0.05, 0) is 18.1 Å². The van der Waals surface area contributed by atoms with Crippen LogP contribution in [0.2, 0.25) is 0 Å². The number of benzene rings is 1. The molecule has 1 saturated heterocycles. The highest BCUT2D eigenvalue weighted by Crippen LogP contribution is 2.18. The van der Waals surface area contributed by atoms with Gasteiger partial charge in [0, 0.05) is 39.6 Å². The van der Waals surface area contributed by atoms with Gasteiger partial charge >= 0.3 is 0 Å². The van der Waals surface area contributed by atoms with Crippen LogP contribution in [0, 0.1) is 0 Å². The van der Waals surface area contributed by atoms with E-state index in [1.807, 2.05) is 23.1 Å². The summed E-state index contributed by atoms with van der Waals surface area (Å²) in [4.78, 5) is 19.9. The fraction of sp³-hybridized carbons (Fsp3) is 0.444. The second-order valence-electron chi connectivity index (χ2n) is 6.12. The summed E-state index contributed by atoms with van der Waals surface area (Å²) in [6, 6.07) is 7.98. The van der Waals surface area contributed by atoms with Gasteiger partial charge < -0.3 is 19.9 Å². The lowest BCUT2D eigenvalue weighted by Gasteiger charge is -2.33. The molecule has 8 nitrogen and oxygen atoms in total. The van der Waals surface area contributed by atoms with E-state index in [9.17, 15) is 4.79 Å². The minimum atomic E-state index is 0.107. The number of carbonyl (C=O) groups excluding carboxylic acids is 1. The number of carbonyl (C=O) groups is 1. The normalized spacial score (nSPS) is 14.2. The molecule has 0 unspecified atom stereocenters. The first kappa shape index (κ1) is 17.9. The van der Waals surface area contributed by atoms with E-state index < -0.39 is 0 Å². The molecule has 1 aliphatic heterocycles. The van der Waals surface area contributed by atoms with Gasteiger partial charge in [0.25, 0.3) is 0 Å². The highest BCUT2D eigenvalue weighted by atomic mass is 16.5. The molecule has 1 N–H and O–H groups in total. The third kappa shape index (κ3) is 4.38.